The van der Waals surface area contributed by atoms with E-state index in [1.54, 1.807) is 12.1 Å². The maximum atomic E-state index is 11.2. The van der Waals surface area contributed by atoms with Gasteiger partial charge >= 0.3 is 5.97 Å². The summed E-state index contributed by atoms with van der Waals surface area (Å²) in [5.74, 6) is -0.301. The largest absolute Gasteiger partial charge is 0.465 e. The highest BCUT2D eigenvalue weighted by molar-refractivity contribution is 5.89. The van der Waals surface area contributed by atoms with Crippen molar-refractivity contribution in [3.8, 4) is 0 Å². The second-order valence-corrected chi connectivity index (χ2v) is 3.52. The summed E-state index contributed by atoms with van der Waals surface area (Å²) in [6.07, 6.45) is 1.07. The van der Waals surface area contributed by atoms with Crippen LogP contribution in [-0.4, -0.2) is 19.1 Å². The van der Waals surface area contributed by atoms with Gasteiger partial charge in [0.15, 0.2) is 0 Å². The smallest absolute Gasteiger partial charge is 0.337 e. The molecule has 0 radical (unpaired) electrons. The van der Waals surface area contributed by atoms with Crippen LogP contribution < -0.4 is 5.32 Å². The van der Waals surface area contributed by atoms with Crippen LogP contribution >= 0.6 is 0 Å². The van der Waals surface area contributed by atoms with E-state index in [0.717, 1.165) is 12.1 Å². The summed E-state index contributed by atoms with van der Waals surface area (Å²) in [6.45, 7) is 4.24. The maximum Gasteiger partial charge on any atom is 0.337 e. The van der Waals surface area contributed by atoms with Gasteiger partial charge in [0.05, 0.1) is 12.7 Å². The molecule has 82 valence electrons. The van der Waals surface area contributed by atoms with Gasteiger partial charge < -0.3 is 10.1 Å². The number of carbonyl (C=O) groups excluding carboxylic acids is 1. The normalized spacial score (nSPS) is 11.9. The molecule has 3 heteroatoms. The number of carbonyl (C=O) groups is 1. The van der Waals surface area contributed by atoms with E-state index in [9.17, 15) is 4.79 Å². The minimum atomic E-state index is -0.301. The molecule has 0 bridgehead atoms. The Morgan fingerprint density at radius 1 is 1.40 bits per heavy atom. The molecule has 0 saturated carbocycles. The number of esters is 1. The molecule has 1 atom stereocenters. The monoisotopic (exact) mass is 207 g/mol. The van der Waals surface area contributed by atoms with Crippen molar-refractivity contribution in [1.29, 1.82) is 0 Å². The number of ether oxygens (including phenoxy) is 1. The number of hydrogen-bond donors (Lipinski definition) is 1. The molecule has 1 aromatic rings. The van der Waals surface area contributed by atoms with Crippen molar-refractivity contribution in [3.63, 3.8) is 0 Å². The average molecular weight is 207 g/mol. The van der Waals surface area contributed by atoms with E-state index in [1.165, 1.54) is 7.11 Å². The predicted molar refractivity (Wildman–Crippen MR) is 61.2 cm³/mol. The Morgan fingerprint density at radius 3 is 2.47 bits per heavy atom. The molecular weight excluding hydrogens is 190 g/mol. The summed E-state index contributed by atoms with van der Waals surface area (Å²) in [7, 11) is 1.38. The lowest BCUT2D eigenvalue weighted by molar-refractivity contribution is 0.0601. The Morgan fingerprint density at radius 2 is 2.00 bits per heavy atom. The van der Waals surface area contributed by atoms with Crippen LogP contribution in [0, 0.1) is 0 Å². The van der Waals surface area contributed by atoms with Crippen molar-refractivity contribution in [2.75, 3.05) is 12.4 Å². The van der Waals surface area contributed by atoms with E-state index < -0.39 is 0 Å². The lowest BCUT2D eigenvalue weighted by Gasteiger charge is -2.12. The summed E-state index contributed by atoms with van der Waals surface area (Å²) in [6, 6.07) is 7.73. The lowest BCUT2D eigenvalue weighted by atomic mass is 10.2. The number of methoxy groups -OCH3 is 1. The highest BCUT2D eigenvalue weighted by Gasteiger charge is 2.04. The maximum absolute atomic E-state index is 11.2. The molecule has 0 aromatic heterocycles. The first-order chi connectivity index (χ1) is 7.17. The third-order valence-corrected chi connectivity index (χ3v) is 2.33. The van der Waals surface area contributed by atoms with Crippen molar-refractivity contribution < 1.29 is 9.53 Å². The SMILES string of the molecule is CC[C@@H](C)Nc1ccc(C(=O)OC)cc1. The van der Waals surface area contributed by atoms with Crippen LogP contribution in [0.1, 0.15) is 30.6 Å². The van der Waals surface area contributed by atoms with Crippen LogP contribution in [0.25, 0.3) is 0 Å². The van der Waals surface area contributed by atoms with Crippen LogP contribution in [-0.2, 0) is 4.74 Å². The second-order valence-electron chi connectivity index (χ2n) is 3.52. The van der Waals surface area contributed by atoms with Gasteiger partial charge in [0.1, 0.15) is 0 Å². The Hall–Kier alpha value is -1.51. The number of benzene rings is 1. The second kappa shape index (κ2) is 5.39. The van der Waals surface area contributed by atoms with Crippen molar-refractivity contribution in [1.82, 2.24) is 0 Å². The standard InChI is InChI=1S/C12H17NO2/c1-4-9(2)13-11-7-5-10(6-8-11)12(14)15-3/h5-9,13H,4H2,1-3H3/t9-/m1/s1. The molecule has 3 nitrogen and oxygen atoms in total. The first-order valence-electron chi connectivity index (χ1n) is 5.12. The minimum absolute atomic E-state index is 0.301. The molecule has 0 unspecified atom stereocenters. The van der Waals surface area contributed by atoms with Gasteiger partial charge in [-0.1, -0.05) is 6.92 Å². The van der Waals surface area contributed by atoms with E-state index in [1.807, 2.05) is 12.1 Å². The van der Waals surface area contributed by atoms with Crippen molar-refractivity contribution in [3.05, 3.63) is 29.8 Å². The molecule has 1 rings (SSSR count). The third-order valence-electron chi connectivity index (χ3n) is 2.33. The summed E-state index contributed by atoms with van der Waals surface area (Å²) in [5, 5.41) is 3.32. The van der Waals surface area contributed by atoms with E-state index >= 15 is 0 Å². The Balaban J connectivity index is 2.68. The molecule has 0 aliphatic carbocycles. The van der Waals surface area contributed by atoms with Crippen molar-refractivity contribution >= 4 is 11.7 Å². The van der Waals surface area contributed by atoms with Gasteiger partial charge in [-0.15, -0.1) is 0 Å². The lowest BCUT2D eigenvalue weighted by Crippen LogP contribution is -2.13. The van der Waals surface area contributed by atoms with Crippen LogP contribution in [0.15, 0.2) is 24.3 Å². The first kappa shape index (κ1) is 11.6. The topological polar surface area (TPSA) is 38.3 Å². The summed E-state index contributed by atoms with van der Waals surface area (Å²) in [4.78, 5) is 11.2. The molecule has 0 fully saturated rings. The molecule has 0 saturated heterocycles. The summed E-state index contributed by atoms with van der Waals surface area (Å²) in [5.41, 5.74) is 1.60. The fourth-order valence-corrected chi connectivity index (χ4v) is 1.21. The van der Waals surface area contributed by atoms with E-state index in [0.29, 0.717) is 11.6 Å². The molecule has 0 amide bonds. The van der Waals surface area contributed by atoms with Gasteiger partial charge in [-0.25, -0.2) is 4.79 Å². The van der Waals surface area contributed by atoms with Crippen LogP contribution in [0.3, 0.4) is 0 Å². The number of rotatable bonds is 4. The number of hydrogen-bond acceptors (Lipinski definition) is 3. The average Bonchev–Trinajstić information content (AvgIpc) is 2.29. The zero-order chi connectivity index (χ0) is 11.3. The van der Waals surface area contributed by atoms with E-state index in [4.69, 9.17) is 0 Å². The molecule has 1 N–H and O–H groups in total. The number of anilines is 1. The highest BCUT2D eigenvalue weighted by atomic mass is 16.5. The Bertz CT molecular complexity index is 319. The summed E-state index contributed by atoms with van der Waals surface area (Å²) >= 11 is 0. The molecule has 15 heavy (non-hydrogen) atoms. The molecule has 0 spiro atoms. The van der Waals surface area contributed by atoms with E-state index in [-0.39, 0.29) is 5.97 Å². The Labute approximate surface area is 90.4 Å². The molecule has 0 aliphatic heterocycles. The molecular formula is C12H17NO2. The van der Waals surface area contributed by atoms with Gasteiger partial charge in [-0.05, 0) is 37.6 Å². The summed E-state index contributed by atoms with van der Waals surface area (Å²) < 4.78 is 4.62. The van der Waals surface area contributed by atoms with Crippen LogP contribution in [0.5, 0.6) is 0 Å². The van der Waals surface area contributed by atoms with Crippen LogP contribution in [0.2, 0.25) is 0 Å². The van der Waals surface area contributed by atoms with E-state index in [2.05, 4.69) is 23.9 Å². The third kappa shape index (κ3) is 3.27. The van der Waals surface area contributed by atoms with Gasteiger partial charge in [-0.2, -0.15) is 0 Å². The molecule has 1 aromatic carbocycles. The van der Waals surface area contributed by atoms with Gasteiger partial charge in [0.2, 0.25) is 0 Å². The predicted octanol–water partition coefficient (Wildman–Crippen LogP) is 2.68. The fraction of sp³-hybridized carbons (Fsp3) is 0.417. The van der Waals surface area contributed by atoms with Crippen molar-refractivity contribution in [2.45, 2.75) is 26.3 Å². The van der Waals surface area contributed by atoms with Crippen molar-refractivity contribution in [2.24, 2.45) is 0 Å². The zero-order valence-electron chi connectivity index (χ0n) is 9.41. The molecule has 0 aliphatic rings. The first-order valence-corrected chi connectivity index (χ1v) is 5.12. The van der Waals surface area contributed by atoms with Gasteiger partial charge in [-0.3, -0.25) is 0 Å². The quantitative estimate of drug-likeness (QED) is 0.771. The minimum Gasteiger partial charge on any atom is -0.465 e. The van der Waals surface area contributed by atoms with Gasteiger partial charge in [0, 0.05) is 11.7 Å². The van der Waals surface area contributed by atoms with Gasteiger partial charge in [0.25, 0.3) is 0 Å². The number of nitrogens with one attached hydrogen (secondary N) is 1. The highest BCUT2D eigenvalue weighted by Crippen LogP contribution is 2.12. The van der Waals surface area contributed by atoms with Crippen LogP contribution in [0.4, 0.5) is 5.69 Å². The Kier molecular flexibility index (Phi) is 4.16. The fourth-order valence-electron chi connectivity index (χ4n) is 1.21. The molecule has 0 heterocycles. The zero-order valence-corrected chi connectivity index (χ0v) is 9.41.